The molecule has 0 saturated carbocycles. The fourth-order valence-corrected chi connectivity index (χ4v) is 4.11. The fraction of sp³-hybridized carbons (Fsp3) is 0.318. The van der Waals surface area contributed by atoms with Gasteiger partial charge in [-0.05, 0) is 30.5 Å². The monoisotopic (exact) mass is 377 g/mol. The zero-order valence-corrected chi connectivity index (χ0v) is 16.1. The summed E-state index contributed by atoms with van der Waals surface area (Å²) in [7, 11) is 1.37. The first-order valence-electron chi connectivity index (χ1n) is 9.42. The van der Waals surface area contributed by atoms with Gasteiger partial charge in [-0.3, -0.25) is 4.79 Å². The highest BCUT2D eigenvalue weighted by atomic mass is 16.5. The number of carbonyl (C=O) groups is 2. The van der Waals surface area contributed by atoms with E-state index >= 15 is 0 Å². The summed E-state index contributed by atoms with van der Waals surface area (Å²) in [6, 6.07) is 13.9. The second kappa shape index (κ2) is 7.11. The summed E-state index contributed by atoms with van der Waals surface area (Å²) in [5, 5.41) is 0. The number of piperidine rings is 1. The molecule has 1 aliphatic heterocycles. The van der Waals surface area contributed by atoms with Crippen LogP contribution in [0.3, 0.4) is 0 Å². The van der Waals surface area contributed by atoms with Crippen molar-refractivity contribution in [3.8, 4) is 0 Å². The van der Waals surface area contributed by atoms with E-state index in [2.05, 4.69) is 12.1 Å². The molecule has 0 radical (unpaired) electrons. The van der Waals surface area contributed by atoms with E-state index in [4.69, 9.17) is 9.72 Å². The highest BCUT2D eigenvalue weighted by Gasteiger charge is 2.40. The maximum atomic E-state index is 11.9. The van der Waals surface area contributed by atoms with Gasteiger partial charge in [-0.2, -0.15) is 0 Å². The van der Waals surface area contributed by atoms with Crippen molar-refractivity contribution in [3.63, 3.8) is 0 Å². The molecule has 144 valence electrons. The molecular formula is C22H23N3O3. The maximum Gasteiger partial charge on any atom is 0.339 e. The minimum absolute atomic E-state index is 0.111. The van der Waals surface area contributed by atoms with Crippen LogP contribution in [-0.2, 0) is 14.9 Å². The first kappa shape index (κ1) is 18.2. The summed E-state index contributed by atoms with van der Waals surface area (Å²) in [5.74, 6) is -0.260. The summed E-state index contributed by atoms with van der Waals surface area (Å²) in [5.41, 5.74) is 3.18. The molecule has 1 aromatic carbocycles. The number of nitrogens with zero attached hydrogens (tertiary/aromatic N) is 3. The zero-order chi connectivity index (χ0) is 19.7. The number of ether oxygens (including phenoxy) is 1. The molecule has 4 rings (SSSR count). The predicted octanol–water partition coefficient (Wildman–Crippen LogP) is 3.05. The van der Waals surface area contributed by atoms with Crippen molar-refractivity contribution in [3.05, 3.63) is 71.7 Å². The Balaban J connectivity index is 1.79. The van der Waals surface area contributed by atoms with Gasteiger partial charge in [-0.25, -0.2) is 9.78 Å². The van der Waals surface area contributed by atoms with Gasteiger partial charge in [0.1, 0.15) is 5.65 Å². The molecule has 3 aromatic rings. The van der Waals surface area contributed by atoms with E-state index in [1.54, 1.807) is 19.2 Å². The van der Waals surface area contributed by atoms with E-state index < -0.39 is 0 Å². The summed E-state index contributed by atoms with van der Waals surface area (Å²) in [6.45, 7) is 3.02. The summed E-state index contributed by atoms with van der Waals surface area (Å²) in [4.78, 5) is 30.5. The first-order chi connectivity index (χ1) is 13.5. The van der Waals surface area contributed by atoms with Crippen LogP contribution in [0.25, 0.3) is 5.65 Å². The minimum Gasteiger partial charge on any atom is -0.465 e. The predicted molar refractivity (Wildman–Crippen MR) is 105 cm³/mol. The van der Waals surface area contributed by atoms with Gasteiger partial charge in [-0.15, -0.1) is 0 Å². The summed E-state index contributed by atoms with van der Waals surface area (Å²) in [6.07, 6.45) is 5.37. The topological polar surface area (TPSA) is 63.9 Å². The molecule has 28 heavy (non-hydrogen) atoms. The number of benzene rings is 1. The number of fused-ring (bicyclic) bond motifs is 1. The molecule has 0 aliphatic carbocycles. The third kappa shape index (κ3) is 3.05. The average Bonchev–Trinajstić information content (AvgIpc) is 3.17. The van der Waals surface area contributed by atoms with Gasteiger partial charge in [0.2, 0.25) is 5.91 Å². The van der Waals surface area contributed by atoms with Crippen LogP contribution in [0.2, 0.25) is 0 Å². The SMILES string of the molecule is COC(=O)c1ccc2nc(C3(c4ccccc4)CCN(C(C)=O)CC3)cn2c1. The smallest absolute Gasteiger partial charge is 0.339 e. The maximum absolute atomic E-state index is 11.9. The fourth-order valence-electron chi connectivity index (χ4n) is 4.11. The number of pyridine rings is 1. The molecule has 0 bridgehead atoms. The quantitative estimate of drug-likeness (QED) is 0.658. The number of rotatable bonds is 3. The molecule has 2 aromatic heterocycles. The molecule has 1 fully saturated rings. The van der Waals surface area contributed by atoms with Crippen LogP contribution in [0.4, 0.5) is 0 Å². The van der Waals surface area contributed by atoms with Gasteiger partial charge >= 0.3 is 5.97 Å². The number of imidazole rings is 1. The van der Waals surface area contributed by atoms with Gasteiger partial charge < -0.3 is 14.0 Å². The van der Waals surface area contributed by atoms with Crippen molar-refractivity contribution < 1.29 is 14.3 Å². The van der Waals surface area contributed by atoms with Crippen LogP contribution in [0, 0.1) is 0 Å². The second-order valence-corrected chi connectivity index (χ2v) is 7.26. The van der Waals surface area contributed by atoms with Gasteiger partial charge in [0.05, 0.1) is 18.4 Å². The van der Waals surface area contributed by atoms with Crippen LogP contribution in [0.1, 0.15) is 41.4 Å². The molecule has 1 aliphatic rings. The van der Waals surface area contributed by atoms with Crippen LogP contribution in [0.15, 0.2) is 54.9 Å². The Morgan fingerprint density at radius 3 is 2.39 bits per heavy atom. The lowest BCUT2D eigenvalue weighted by Crippen LogP contribution is -2.45. The Morgan fingerprint density at radius 1 is 1.04 bits per heavy atom. The number of aromatic nitrogens is 2. The largest absolute Gasteiger partial charge is 0.465 e. The van der Waals surface area contributed by atoms with E-state index in [-0.39, 0.29) is 17.3 Å². The van der Waals surface area contributed by atoms with Crippen LogP contribution < -0.4 is 0 Å². The number of amides is 1. The second-order valence-electron chi connectivity index (χ2n) is 7.26. The molecule has 6 nitrogen and oxygen atoms in total. The lowest BCUT2D eigenvalue weighted by Gasteiger charge is -2.41. The number of carbonyl (C=O) groups excluding carboxylic acids is 2. The lowest BCUT2D eigenvalue weighted by molar-refractivity contribution is -0.130. The Morgan fingerprint density at radius 2 is 1.75 bits per heavy atom. The summed E-state index contributed by atoms with van der Waals surface area (Å²) < 4.78 is 6.70. The molecule has 0 atom stereocenters. The number of esters is 1. The van der Waals surface area contributed by atoms with E-state index in [1.807, 2.05) is 39.8 Å². The van der Waals surface area contributed by atoms with Gasteiger partial charge in [0.25, 0.3) is 0 Å². The number of likely N-dealkylation sites (tertiary alicyclic amines) is 1. The Kier molecular flexibility index (Phi) is 4.63. The van der Waals surface area contributed by atoms with Crippen molar-refractivity contribution in [1.29, 1.82) is 0 Å². The third-order valence-corrected chi connectivity index (χ3v) is 5.75. The normalized spacial score (nSPS) is 16.1. The van der Waals surface area contributed by atoms with E-state index in [9.17, 15) is 9.59 Å². The number of hydrogen-bond donors (Lipinski definition) is 0. The third-order valence-electron chi connectivity index (χ3n) is 5.75. The van der Waals surface area contributed by atoms with E-state index in [0.717, 1.165) is 24.2 Å². The van der Waals surface area contributed by atoms with Crippen molar-refractivity contribution in [2.45, 2.75) is 25.2 Å². The molecule has 0 spiro atoms. The van der Waals surface area contributed by atoms with Gasteiger partial charge in [0.15, 0.2) is 0 Å². The molecule has 3 heterocycles. The van der Waals surface area contributed by atoms with Crippen molar-refractivity contribution in [1.82, 2.24) is 14.3 Å². The van der Waals surface area contributed by atoms with Crippen LogP contribution in [-0.4, -0.2) is 46.4 Å². The highest BCUT2D eigenvalue weighted by Crippen LogP contribution is 2.41. The van der Waals surface area contributed by atoms with Gasteiger partial charge in [-0.1, -0.05) is 30.3 Å². The van der Waals surface area contributed by atoms with E-state index in [0.29, 0.717) is 18.7 Å². The standard InChI is InChI=1S/C22H23N3O3/c1-16(26)24-12-10-22(11-13-24,18-6-4-3-5-7-18)19-15-25-14-17(21(27)28-2)8-9-20(25)23-19/h3-9,14-15H,10-13H2,1-2H3. The van der Waals surface area contributed by atoms with Crippen LogP contribution in [0.5, 0.6) is 0 Å². The van der Waals surface area contributed by atoms with Crippen molar-refractivity contribution >= 4 is 17.5 Å². The minimum atomic E-state index is -0.371. The molecule has 6 heteroatoms. The molecule has 1 saturated heterocycles. The highest BCUT2D eigenvalue weighted by molar-refractivity contribution is 5.89. The van der Waals surface area contributed by atoms with E-state index in [1.165, 1.54) is 12.7 Å². The van der Waals surface area contributed by atoms with Crippen LogP contribution >= 0.6 is 0 Å². The summed E-state index contributed by atoms with van der Waals surface area (Å²) >= 11 is 0. The zero-order valence-electron chi connectivity index (χ0n) is 16.1. The van der Waals surface area contributed by atoms with Crippen molar-refractivity contribution in [2.75, 3.05) is 20.2 Å². The number of methoxy groups -OCH3 is 1. The first-order valence-corrected chi connectivity index (χ1v) is 9.42. The number of hydrogen-bond acceptors (Lipinski definition) is 4. The Bertz CT molecular complexity index is 1020. The molecule has 1 amide bonds. The Hall–Kier alpha value is -3.15. The average molecular weight is 377 g/mol. The van der Waals surface area contributed by atoms with Crippen molar-refractivity contribution in [2.24, 2.45) is 0 Å². The lowest BCUT2D eigenvalue weighted by atomic mass is 9.70. The van der Waals surface area contributed by atoms with Gasteiger partial charge in [0, 0.05) is 37.8 Å². The molecule has 0 N–H and O–H groups in total. The Labute approximate surface area is 163 Å². The molecular weight excluding hydrogens is 354 g/mol. The molecule has 0 unspecified atom stereocenters.